The minimum Gasteiger partial charge on any atom is -0.352 e. The average Bonchev–Trinajstić information content (AvgIpc) is 2.83. The first-order valence-electron chi connectivity index (χ1n) is 7.59. The highest BCUT2D eigenvalue weighted by molar-refractivity contribution is 7.99. The Morgan fingerprint density at radius 2 is 2.04 bits per heavy atom. The van der Waals surface area contributed by atoms with Gasteiger partial charge < -0.3 is 9.88 Å². The summed E-state index contributed by atoms with van der Waals surface area (Å²) in [7, 11) is 1.24. The summed E-state index contributed by atoms with van der Waals surface area (Å²) in [4.78, 5) is 12.0. The van der Waals surface area contributed by atoms with Gasteiger partial charge in [0, 0.05) is 13.1 Å². The SMILES string of the molecule is C[C@H]1[C@@H](NC(=O)CSc2nnc(C(F)(F)F)n2C)CCC[C@@H]1C. The smallest absolute Gasteiger partial charge is 0.352 e. The highest BCUT2D eigenvalue weighted by Gasteiger charge is 2.37. The van der Waals surface area contributed by atoms with E-state index < -0.39 is 12.0 Å². The van der Waals surface area contributed by atoms with E-state index in [9.17, 15) is 18.0 Å². The van der Waals surface area contributed by atoms with Crippen LogP contribution in [0.25, 0.3) is 0 Å². The number of hydrogen-bond donors (Lipinski definition) is 1. The number of thioether (sulfide) groups is 1. The van der Waals surface area contributed by atoms with Gasteiger partial charge in [0.2, 0.25) is 11.7 Å². The Morgan fingerprint density at radius 3 is 2.65 bits per heavy atom. The molecule has 1 aliphatic rings. The van der Waals surface area contributed by atoms with E-state index in [0.717, 1.165) is 29.2 Å². The second kappa shape index (κ2) is 7.11. The van der Waals surface area contributed by atoms with Gasteiger partial charge in [-0.3, -0.25) is 4.79 Å². The third-order valence-corrected chi connectivity index (χ3v) is 5.49. The van der Waals surface area contributed by atoms with Crippen LogP contribution in [-0.2, 0) is 18.0 Å². The minimum atomic E-state index is -4.55. The molecule has 5 nitrogen and oxygen atoms in total. The van der Waals surface area contributed by atoms with Crippen molar-refractivity contribution in [1.82, 2.24) is 20.1 Å². The topological polar surface area (TPSA) is 59.8 Å². The van der Waals surface area contributed by atoms with Crippen LogP contribution >= 0.6 is 11.8 Å². The molecule has 1 fully saturated rings. The molecule has 0 unspecified atom stereocenters. The quantitative estimate of drug-likeness (QED) is 0.849. The first-order chi connectivity index (χ1) is 10.7. The van der Waals surface area contributed by atoms with E-state index in [1.54, 1.807) is 0 Å². The lowest BCUT2D eigenvalue weighted by atomic mass is 9.78. The molecule has 1 aromatic rings. The first kappa shape index (κ1) is 18.1. The van der Waals surface area contributed by atoms with Gasteiger partial charge in [-0.2, -0.15) is 13.2 Å². The molecular weight excluding hydrogens is 329 g/mol. The summed E-state index contributed by atoms with van der Waals surface area (Å²) in [6, 6.07) is 0.136. The zero-order valence-corrected chi connectivity index (χ0v) is 14.2. The van der Waals surface area contributed by atoms with Crippen LogP contribution in [0.4, 0.5) is 13.2 Å². The van der Waals surface area contributed by atoms with Crippen molar-refractivity contribution in [3.63, 3.8) is 0 Å². The number of nitrogens with zero attached hydrogens (tertiary/aromatic N) is 3. The van der Waals surface area contributed by atoms with Crippen molar-refractivity contribution in [2.24, 2.45) is 18.9 Å². The zero-order chi connectivity index (χ0) is 17.2. The maximum absolute atomic E-state index is 12.6. The van der Waals surface area contributed by atoms with E-state index >= 15 is 0 Å². The zero-order valence-electron chi connectivity index (χ0n) is 13.4. The summed E-state index contributed by atoms with van der Waals surface area (Å²) >= 11 is 0.960. The fraction of sp³-hybridized carbons (Fsp3) is 0.786. The average molecular weight is 350 g/mol. The Morgan fingerprint density at radius 1 is 1.35 bits per heavy atom. The molecule has 0 saturated heterocycles. The van der Waals surface area contributed by atoms with Crippen LogP contribution in [0.2, 0.25) is 0 Å². The number of carbonyl (C=O) groups excluding carboxylic acids is 1. The highest BCUT2D eigenvalue weighted by Crippen LogP contribution is 2.31. The standard InChI is InChI=1S/C14H21F3N4OS/c1-8-5-4-6-10(9(8)2)18-11(22)7-23-13-20-19-12(21(13)3)14(15,16)17/h8-10H,4-7H2,1-3H3,(H,18,22)/t8-,9+,10-/m0/s1. The van der Waals surface area contributed by atoms with Crippen LogP contribution in [0.1, 0.15) is 38.9 Å². The Hall–Kier alpha value is -1.25. The van der Waals surface area contributed by atoms with Crippen molar-refractivity contribution in [3.8, 4) is 0 Å². The molecule has 1 saturated carbocycles. The van der Waals surface area contributed by atoms with E-state index in [1.165, 1.54) is 13.5 Å². The lowest BCUT2D eigenvalue weighted by Gasteiger charge is -2.34. The predicted molar refractivity (Wildman–Crippen MR) is 80.8 cm³/mol. The van der Waals surface area contributed by atoms with E-state index in [0.29, 0.717) is 11.8 Å². The minimum absolute atomic E-state index is 0.0292. The number of hydrogen-bond acceptors (Lipinski definition) is 4. The number of halogens is 3. The summed E-state index contributed by atoms with van der Waals surface area (Å²) in [6.07, 6.45) is -1.34. The largest absolute Gasteiger partial charge is 0.451 e. The van der Waals surface area contributed by atoms with Crippen molar-refractivity contribution in [2.45, 2.75) is 50.5 Å². The predicted octanol–water partition coefficient (Wildman–Crippen LogP) is 2.87. The molecule has 9 heteroatoms. The van der Waals surface area contributed by atoms with Crippen molar-refractivity contribution < 1.29 is 18.0 Å². The lowest BCUT2D eigenvalue weighted by molar-refractivity contribution is -0.147. The molecule has 0 spiro atoms. The molecule has 0 radical (unpaired) electrons. The van der Waals surface area contributed by atoms with Gasteiger partial charge in [0.25, 0.3) is 0 Å². The Balaban J connectivity index is 1.89. The third kappa shape index (κ3) is 4.39. The van der Waals surface area contributed by atoms with Gasteiger partial charge in [-0.25, -0.2) is 0 Å². The van der Waals surface area contributed by atoms with Crippen LogP contribution in [-0.4, -0.2) is 32.5 Å². The van der Waals surface area contributed by atoms with Gasteiger partial charge in [-0.05, 0) is 18.3 Å². The van der Waals surface area contributed by atoms with Gasteiger partial charge in [0.1, 0.15) is 0 Å². The van der Waals surface area contributed by atoms with Gasteiger partial charge >= 0.3 is 6.18 Å². The van der Waals surface area contributed by atoms with Crippen LogP contribution in [0.5, 0.6) is 0 Å². The Kier molecular flexibility index (Phi) is 5.59. The second-order valence-corrected chi connectivity index (χ2v) is 7.04. The van der Waals surface area contributed by atoms with E-state index in [4.69, 9.17) is 0 Å². The summed E-state index contributed by atoms with van der Waals surface area (Å²) < 4.78 is 38.8. The highest BCUT2D eigenvalue weighted by atomic mass is 32.2. The number of rotatable bonds is 4. The molecule has 1 aliphatic carbocycles. The molecule has 0 aromatic carbocycles. The molecule has 0 aliphatic heterocycles. The molecule has 1 N–H and O–H groups in total. The molecular formula is C14H21F3N4OS. The van der Waals surface area contributed by atoms with Gasteiger partial charge in [-0.15, -0.1) is 10.2 Å². The summed E-state index contributed by atoms with van der Waals surface area (Å²) in [5.41, 5.74) is 0. The van der Waals surface area contributed by atoms with Gasteiger partial charge in [0.05, 0.1) is 5.75 Å². The number of amides is 1. The molecule has 2 rings (SSSR count). The third-order valence-electron chi connectivity index (χ3n) is 4.47. The molecule has 1 amide bonds. The molecule has 1 aromatic heterocycles. The van der Waals surface area contributed by atoms with Crippen molar-refractivity contribution >= 4 is 17.7 Å². The molecule has 130 valence electrons. The molecule has 23 heavy (non-hydrogen) atoms. The number of alkyl halides is 3. The van der Waals surface area contributed by atoms with Crippen molar-refractivity contribution in [3.05, 3.63) is 5.82 Å². The molecule has 3 atom stereocenters. The second-order valence-electron chi connectivity index (χ2n) is 6.09. The van der Waals surface area contributed by atoms with Gasteiger partial charge in [0.15, 0.2) is 5.16 Å². The Labute approximate surface area is 137 Å². The monoisotopic (exact) mass is 350 g/mol. The first-order valence-corrected chi connectivity index (χ1v) is 8.57. The normalized spacial score (nSPS) is 25.4. The van der Waals surface area contributed by atoms with Crippen LogP contribution < -0.4 is 5.32 Å². The summed E-state index contributed by atoms with van der Waals surface area (Å²) in [5.74, 6) is -0.242. The Bertz CT molecular complexity index is 561. The van der Waals surface area contributed by atoms with E-state index in [-0.39, 0.29) is 22.9 Å². The molecule has 0 bridgehead atoms. The maximum atomic E-state index is 12.6. The van der Waals surface area contributed by atoms with Crippen molar-refractivity contribution in [1.29, 1.82) is 0 Å². The fourth-order valence-electron chi connectivity index (χ4n) is 2.85. The summed E-state index contributed by atoms with van der Waals surface area (Å²) in [6.45, 7) is 4.30. The van der Waals surface area contributed by atoms with Crippen LogP contribution in [0, 0.1) is 11.8 Å². The van der Waals surface area contributed by atoms with Gasteiger partial charge in [-0.1, -0.05) is 38.5 Å². The number of aromatic nitrogens is 3. The van der Waals surface area contributed by atoms with E-state index in [1.807, 2.05) is 0 Å². The van der Waals surface area contributed by atoms with Crippen LogP contribution in [0.3, 0.4) is 0 Å². The number of carbonyl (C=O) groups is 1. The van der Waals surface area contributed by atoms with Crippen molar-refractivity contribution in [2.75, 3.05) is 5.75 Å². The maximum Gasteiger partial charge on any atom is 0.451 e. The molecule has 1 heterocycles. The number of nitrogens with one attached hydrogen (secondary N) is 1. The lowest BCUT2D eigenvalue weighted by Crippen LogP contribution is -2.44. The summed E-state index contributed by atoms with van der Waals surface area (Å²) in [5, 5.41) is 9.71. The fourth-order valence-corrected chi connectivity index (χ4v) is 3.57. The van der Waals surface area contributed by atoms with Crippen LogP contribution in [0.15, 0.2) is 5.16 Å². The van der Waals surface area contributed by atoms with E-state index in [2.05, 4.69) is 29.4 Å².